The highest BCUT2D eigenvalue weighted by Gasteiger charge is 2.24. The van der Waals surface area contributed by atoms with Crippen LogP contribution in [-0.4, -0.2) is 86.9 Å². The van der Waals surface area contributed by atoms with Crippen molar-refractivity contribution in [3.63, 3.8) is 0 Å². The summed E-state index contributed by atoms with van der Waals surface area (Å²) in [7, 11) is 7.63. The lowest BCUT2D eigenvalue weighted by molar-refractivity contribution is -0.384. The Morgan fingerprint density at radius 3 is 2.80 bits per heavy atom. The van der Waals surface area contributed by atoms with Gasteiger partial charge in [-0.1, -0.05) is 18.2 Å². The smallest absolute Gasteiger partial charge is 0.294 e. The molecule has 0 atom stereocenters. The van der Waals surface area contributed by atoms with Crippen LogP contribution in [0.4, 0.5) is 23.0 Å². The molecule has 0 aliphatic carbocycles. The third-order valence-electron chi connectivity index (χ3n) is 7.33. The van der Waals surface area contributed by atoms with Gasteiger partial charge in [0.15, 0.2) is 0 Å². The first-order chi connectivity index (χ1) is 19.8. The SMILES string of the molecule is COc1cc(N(C)CCN(C)C)c([N+](=O)[O-])cc1Nc1ncc([Si]CCO)c(-c2cn3c4c(cccc24)CCC3)n1. The Morgan fingerprint density at radius 1 is 1.24 bits per heavy atom. The van der Waals surface area contributed by atoms with Crippen molar-refractivity contribution >= 4 is 48.6 Å². The predicted octanol–water partition coefficient (Wildman–Crippen LogP) is 3.44. The van der Waals surface area contributed by atoms with E-state index in [2.05, 4.69) is 39.3 Å². The van der Waals surface area contributed by atoms with Gasteiger partial charge in [0.1, 0.15) is 11.4 Å². The highest BCUT2D eigenvalue weighted by atomic mass is 28.2. The lowest BCUT2D eigenvalue weighted by Gasteiger charge is -2.22. The molecular weight excluding hydrogens is 538 g/mol. The minimum Gasteiger partial charge on any atom is -0.494 e. The van der Waals surface area contributed by atoms with Crippen LogP contribution < -0.4 is 20.1 Å². The molecule has 4 aromatic rings. The summed E-state index contributed by atoms with van der Waals surface area (Å²) in [6, 6.07) is 10.2. The van der Waals surface area contributed by atoms with Gasteiger partial charge in [0.05, 0.1) is 38.5 Å². The molecule has 0 spiro atoms. The molecule has 0 fully saturated rings. The summed E-state index contributed by atoms with van der Waals surface area (Å²) in [6.07, 6.45) is 6.09. The van der Waals surface area contributed by atoms with Crippen LogP contribution >= 0.6 is 0 Å². The Labute approximate surface area is 241 Å². The Hall–Kier alpha value is -4.00. The Morgan fingerprint density at radius 2 is 2.07 bits per heavy atom. The maximum atomic E-state index is 12.1. The first-order valence-corrected chi connectivity index (χ1v) is 14.8. The number of para-hydroxylation sites is 1. The van der Waals surface area contributed by atoms with E-state index in [4.69, 9.17) is 9.72 Å². The number of nitrogens with zero attached hydrogens (tertiary/aromatic N) is 6. The van der Waals surface area contributed by atoms with Gasteiger partial charge < -0.3 is 29.5 Å². The molecule has 2 N–H and O–H groups in total. The summed E-state index contributed by atoms with van der Waals surface area (Å²) in [6.45, 7) is 2.39. The van der Waals surface area contributed by atoms with Crippen LogP contribution in [-0.2, 0) is 13.0 Å². The first kappa shape index (κ1) is 28.5. The number of hydrogen-bond donors (Lipinski definition) is 2. The van der Waals surface area contributed by atoms with Gasteiger partial charge in [0, 0.05) is 68.8 Å². The summed E-state index contributed by atoms with van der Waals surface area (Å²) in [5.74, 6) is 0.761. The van der Waals surface area contributed by atoms with E-state index >= 15 is 0 Å². The lowest BCUT2D eigenvalue weighted by Crippen LogP contribution is -2.29. The number of rotatable bonds is 12. The fourth-order valence-electron chi connectivity index (χ4n) is 5.28. The normalized spacial score (nSPS) is 12.6. The van der Waals surface area contributed by atoms with Crippen LogP contribution in [0.2, 0.25) is 6.04 Å². The van der Waals surface area contributed by atoms with Crippen LogP contribution in [0.5, 0.6) is 5.75 Å². The standard InChI is InChI=1S/C29H35N7O4Si/c1-33(2)11-12-34(3)23-16-25(40-4)22(15-24(23)36(38)39)31-29-30-17-26(41-14-13-37)27(32-29)21-18-35-10-6-8-19-7-5-9-20(21)28(19)35/h5,7,9,15-18,37H,6,8,10-14H2,1-4H3,(H,30,31,32). The van der Waals surface area contributed by atoms with Gasteiger partial charge in [-0.25, -0.2) is 9.97 Å². The maximum Gasteiger partial charge on any atom is 0.294 e. The van der Waals surface area contributed by atoms with Crippen molar-refractivity contribution in [2.45, 2.75) is 25.4 Å². The molecule has 5 rings (SSSR count). The maximum absolute atomic E-state index is 12.1. The number of aliphatic hydroxyl groups is 1. The number of methoxy groups -OCH3 is 1. The van der Waals surface area contributed by atoms with E-state index in [9.17, 15) is 15.2 Å². The second-order valence-corrected chi connectivity index (χ2v) is 11.8. The highest BCUT2D eigenvalue weighted by molar-refractivity contribution is 6.55. The Balaban J connectivity index is 1.56. The lowest BCUT2D eigenvalue weighted by atomic mass is 10.0. The molecule has 2 aromatic heterocycles. The third-order valence-corrected chi connectivity index (χ3v) is 8.55. The molecule has 11 nitrogen and oxygen atoms in total. The summed E-state index contributed by atoms with van der Waals surface area (Å²) < 4.78 is 7.95. The first-order valence-electron chi connectivity index (χ1n) is 13.6. The second-order valence-electron chi connectivity index (χ2n) is 10.4. The van der Waals surface area contributed by atoms with Gasteiger partial charge in [-0.2, -0.15) is 0 Å². The molecule has 0 unspecified atom stereocenters. The van der Waals surface area contributed by atoms with Crippen molar-refractivity contribution < 1.29 is 14.8 Å². The second kappa shape index (κ2) is 12.2. The molecule has 2 aromatic carbocycles. The van der Waals surface area contributed by atoms with Crippen LogP contribution in [0.3, 0.4) is 0 Å². The largest absolute Gasteiger partial charge is 0.494 e. The van der Waals surface area contributed by atoms with Gasteiger partial charge in [-0.15, -0.1) is 0 Å². The minimum atomic E-state index is -0.384. The molecule has 41 heavy (non-hydrogen) atoms. The van der Waals surface area contributed by atoms with Crippen LogP contribution in [0, 0.1) is 10.1 Å². The number of anilines is 3. The van der Waals surface area contributed by atoms with E-state index in [1.54, 1.807) is 12.3 Å². The number of nitrogens with one attached hydrogen (secondary N) is 1. The summed E-state index contributed by atoms with van der Waals surface area (Å²) in [5.41, 5.74) is 5.23. The van der Waals surface area contributed by atoms with Crippen molar-refractivity contribution in [2.75, 3.05) is 58.2 Å². The third kappa shape index (κ3) is 5.90. The highest BCUT2D eigenvalue weighted by Crippen LogP contribution is 2.39. The number of benzene rings is 2. The molecule has 3 heterocycles. The van der Waals surface area contributed by atoms with Crippen molar-refractivity contribution in [2.24, 2.45) is 0 Å². The quantitative estimate of drug-likeness (QED) is 0.149. The summed E-state index contributed by atoms with van der Waals surface area (Å²) in [4.78, 5) is 25.1. The number of nitro benzene ring substituents is 1. The topological polar surface area (TPSA) is 122 Å². The number of ether oxygens (including phenoxy) is 1. The fraction of sp³-hybridized carbons (Fsp3) is 0.379. The van der Waals surface area contributed by atoms with E-state index in [1.165, 1.54) is 24.3 Å². The van der Waals surface area contributed by atoms with Gasteiger partial charge in [0.25, 0.3) is 5.69 Å². The Kier molecular flexibility index (Phi) is 8.52. The molecule has 0 bridgehead atoms. The molecule has 214 valence electrons. The fourth-order valence-corrected chi connectivity index (χ4v) is 6.17. The summed E-state index contributed by atoms with van der Waals surface area (Å²) >= 11 is 0. The van der Waals surface area contributed by atoms with Gasteiger partial charge in [0.2, 0.25) is 5.95 Å². The number of aromatic nitrogens is 3. The van der Waals surface area contributed by atoms with Gasteiger partial charge >= 0.3 is 0 Å². The van der Waals surface area contributed by atoms with Gasteiger partial charge in [-0.3, -0.25) is 10.1 Å². The molecule has 2 radical (unpaired) electrons. The van der Waals surface area contributed by atoms with Crippen molar-refractivity contribution in [3.8, 4) is 17.0 Å². The van der Waals surface area contributed by atoms with E-state index in [0.717, 1.165) is 47.8 Å². The average molecular weight is 574 g/mol. The molecule has 12 heteroatoms. The zero-order valence-corrected chi connectivity index (χ0v) is 24.8. The van der Waals surface area contributed by atoms with Gasteiger partial charge in [-0.05, 0) is 43.7 Å². The zero-order valence-electron chi connectivity index (χ0n) is 23.8. The molecule has 0 saturated carbocycles. The number of hydrogen-bond acceptors (Lipinski definition) is 9. The van der Waals surface area contributed by atoms with E-state index in [0.29, 0.717) is 45.2 Å². The minimum absolute atomic E-state index is 0.0372. The number of nitro groups is 1. The zero-order chi connectivity index (χ0) is 29.1. The molecule has 0 saturated heterocycles. The van der Waals surface area contributed by atoms with Crippen molar-refractivity contribution in [1.29, 1.82) is 0 Å². The van der Waals surface area contributed by atoms with Crippen LogP contribution in [0.1, 0.15) is 12.0 Å². The molecule has 1 aliphatic rings. The molecule has 0 amide bonds. The average Bonchev–Trinajstić information content (AvgIpc) is 3.35. The predicted molar refractivity (Wildman–Crippen MR) is 163 cm³/mol. The van der Waals surface area contributed by atoms with E-state index in [-0.39, 0.29) is 17.2 Å². The number of aliphatic hydroxyl groups excluding tert-OH is 1. The summed E-state index contributed by atoms with van der Waals surface area (Å²) in [5, 5.41) is 26.9. The van der Waals surface area contributed by atoms with Crippen LogP contribution in [0.15, 0.2) is 42.7 Å². The van der Waals surface area contributed by atoms with E-state index in [1.807, 2.05) is 30.9 Å². The Bertz CT molecular complexity index is 1570. The molecular formula is C29H35N7O4Si. The van der Waals surface area contributed by atoms with Crippen molar-refractivity contribution in [3.05, 3.63) is 58.4 Å². The monoisotopic (exact) mass is 573 g/mol. The van der Waals surface area contributed by atoms with Crippen molar-refractivity contribution in [1.82, 2.24) is 19.4 Å². The van der Waals surface area contributed by atoms with Crippen LogP contribution in [0.25, 0.3) is 22.2 Å². The number of aryl methyl sites for hydroxylation is 2. The number of likely N-dealkylation sites (N-methyl/N-ethyl adjacent to an activating group) is 2. The van der Waals surface area contributed by atoms with E-state index < -0.39 is 0 Å². The molecule has 1 aliphatic heterocycles.